The van der Waals surface area contributed by atoms with Crippen LogP contribution in [0.5, 0.6) is 0 Å². The van der Waals surface area contributed by atoms with Gasteiger partial charge in [0.2, 0.25) is 5.91 Å². The summed E-state index contributed by atoms with van der Waals surface area (Å²) in [6, 6.07) is 21.7. The van der Waals surface area contributed by atoms with Crippen LogP contribution < -0.4 is 21.3 Å². The van der Waals surface area contributed by atoms with Crippen molar-refractivity contribution >= 4 is 47.2 Å². The van der Waals surface area contributed by atoms with Crippen LogP contribution in [0.2, 0.25) is 5.02 Å². The van der Waals surface area contributed by atoms with Gasteiger partial charge >= 0.3 is 0 Å². The van der Waals surface area contributed by atoms with Gasteiger partial charge in [0.25, 0.3) is 5.91 Å². The van der Waals surface area contributed by atoms with Crippen LogP contribution >= 0.6 is 24.0 Å². The zero-order valence-corrected chi connectivity index (χ0v) is 23.4. The van der Waals surface area contributed by atoms with Crippen molar-refractivity contribution in [3.05, 3.63) is 82.9 Å². The zero-order chi connectivity index (χ0) is 26.4. The van der Waals surface area contributed by atoms with E-state index < -0.39 is 0 Å². The predicted octanol–water partition coefficient (Wildman–Crippen LogP) is 6.59. The van der Waals surface area contributed by atoms with E-state index in [1.165, 1.54) is 0 Å². The van der Waals surface area contributed by atoms with Crippen molar-refractivity contribution in [3.63, 3.8) is 0 Å². The molecule has 3 aromatic rings. The molecule has 0 saturated heterocycles. The first-order chi connectivity index (χ1) is 17.9. The topological polar surface area (TPSA) is 87.5 Å². The summed E-state index contributed by atoms with van der Waals surface area (Å²) in [5, 5.41) is 7.30. The molecule has 0 bridgehead atoms. The Morgan fingerprint density at radius 3 is 2.32 bits per heavy atom. The first kappa shape index (κ1) is 29.5. The fraction of sp³-hybridized carbons (Fsp3) is 0.333. The quantitative estimate of drug-likeness (QED) is 0.260. The van der Waals surface area contributed by atoms with Gasteiger partial charge in [0.05, 0.1) is 6.04 Å². The van der Waals surface area contributed by atoms with E-state index in [1.54, 1.807) is 6.92 Å². The van der Waals surface area contributed by atoms with Crippen molar-refractivity contribution in [1.29, 1.82) is 0 Å². The van der Waals surface area contributed by atoms with Gasteiger partial charge in [-0.05, 0) is 98.0 Å². The second-order valence-electron chi connectivity index (χ2n) is 9.63. The number of nitrogens with zero attached hydrogens (tertiary/aromatic N) is 1. The number of rotatable bonds is 9. The Balaban J connectivity index is 0.00000400. The smallest absolute Gasteiger partial charge is 0.251 e. The van der Waals surface area contributed by atoms with Gasteiger partial charge in [-0.1, -0.05) is 36.2 Å². The molecule has 6 nitrogen and oxygen atoms in total. The standard InChI is InChI=1S/C30H35ClN4O2.ClH/c1-20-18-28(34-26-13-11-25(31)12-14-26)27-19-24(10-15-29(27)35(20)21(2)36)22-6-8-23(9-7-22)30(37)33-17-5-3-4-16-32;/h6-15,19-20,28,34H,3-5,16-18,32H2,1-2H3,(H,33,37);1H/t20-,28+;/m0./s1. The number of nitrogens with one attached hydrogen (secondary N) is 2. The van der Waals surface area contributed by atoms with E-state index in [-0.39, 0.29) is 36.3 Å². The molecule has 38 heavy (non-hydrogen) atoms. The molecule has 1 aliphatic rings. The third kappa shape index (κ3) is 7.07. The molecule has 0 saturated carbocycles. The highest BCUT2D eigenvalue weighted by atomic mass is 35.5. The fourth-order valence-corrected chi connectivity index (χ4v) is 5.10. The number of fused-ring (bicyclic) bond motifs is 1. The Morgan fingerprint density at radius 2 is 1.66 bits per heavy atom. The van der Waals surface area contributed by atoms with E-state index in [1.807, 2.05) is 65.6 Å². The molecule has 3 aromatic carbocycles. The van der Waals surface area contributed by atoms with Crippen LogP contribution in [0.1, 0.15) is 61.5 Å². The normalized spacial score (nSPS) is 16.3. The van der Waals surface area contributed by atoms with E-state index in [9.17, 15) is 9.59 Å². The van der Waals surface area contributed by atoms with Crippen molar-refractivity contribution in [2.45, 2.75) is 51.6 Å². The number of carbonyl (C=O) groups excluding carboxylic acids is 2. The third-order valence-corrected chi connectivity index (χ3v) is 7.10. The van der Waals surface area contributed by atoms with E-state index >= 15 is 0 Å². The fourth-order valence-electron chi connectivity index (χ4n) is 4.97. The van der Waals surface area contributed by atoms with Crippen LogP contribution in [0.3, 0.4) is 0 Å². The van der Waals surface area contributed by atoms with Crippen LogP contribution in [0.15, 0.2) is 66.7 Å². The Hall–Kier alpha value is -3.06. The number of hydrogen-bond acceptors (Lipinski definition) is 4. The summed E-state index contributed by atoms with van der Waals surface area (Å²) in [6.07, 6.45) is 3.70. The molecule has 4 rings (SSSR count). The molecule has 0 fully saturated rings. The van der Waals surface area contributed by atoms with Gasteiger partial charge in [-0.3, -0.25) is 9.59 Å². The molecule has 1 aliphatic heterocycles. The number of nitrogens with two attached hydrogens (primary N) is 1. The number of benzene rings is 3. The number of amides is 2. The average molecular weight is 556 g/mol. The summed E-state index contributed by atoms with van der Waals surface area (Å²) in [6.45, 7) is 5.03. The molecule has 2 atom stereocenters. The maximum Gasteiger partial charge on any atom is 0.251 e. The molecule has 0 aromatic heterocycles. The molecule has 0 aliphatic carbocycles. The lowest BCUT2D eigenvalue weighted by Gasteiger charge is -2.39. The Morgan fingerprint density at radius 1 is 0.974 bits per heavy atom. The molecule has 0 spiro atoms. The van der Waals surface area contributed by atoms with E-state index in [0.717, 1.165) is 53.7 Å². The average Bonchev–Trinajstić information content (AvgIpc) is 2.89. The first-order valence-electron chi connectivity index (χ1n) is 12.9. The van der Waals surface area contributed by atoms with Gasteiger partial charge in [0.1, 0.15) is 0 Å². The molecule has 4 N–H and O–H groups in total. The van der Waals surface area contributed by atoms with Crippen LogP contribution in [-0.2, 0) is 4.79 Å². The maximum atomic E-state index is 12.5. The lowest BCUT2D eigenvalue weighted by molar-refractivity contribution is -0.117. The van der Waals surface area contributed by atoms with Crippen molar-refractivity contribution in [2.75, 3.05) is 23.3 Å². The van der Waals surface area contributed by atoms with Crippen molar-refractivity contribution < 1.29 is 9.59 Å². The Kier molecular flexibility index (Phi) is 10.6. The number of hydrogen-bond donors (Lipinski definition) is 3. The highest BCUT2D eigenvalue weighted by Crippen LogP contribution is 2.41. The zero-order valence-electron chi connectivity index (χ0n) is 21.9. The molecule has 2 amide bonds. The molecular weight excluding hydrogens is 519 g/mol. The SMILES string of the molecule is CC(=O)N1c2ccc(-c3ccc(C(=O)NCCCCCN)cc3)cc2[C@H](Nc2ccc(Cl)cc2)C[C@@H]1C.Cl. The number of unbranched alkanes of at least 4 members (excludes halogenated alkanes) is 2. The van der Waals surface area contributed by atoms with Crippen molar-refractivity contribution in [1.82, 2.24) is 5.32 Å². The number of anilines is 2. The van der Waals surface area contributed by atoms with Gasteiger partial charge in [-0.15, -0.1) is 12.4 Å². The van der Waals surface area contributed by atoms with Gasteiger partial charge in [-0.25, -0.2) is 0 Å². The van der Waals surface area contributed by atoms with Gasteiger partial charge in [0.15, 0.2) is 0 Å². The summed E-state index contributed by atoms with van der Waals surface area (Å²) in [5.41, 5.74) is 11.2. The van der Waals surface area contributed by atoms with Crippen LogP contribution in [0, 0.1) is 0 Å². The number of halogens is 2. The highest BCUT2D eigenvalue weighted by Gasteiger charge is 2.32. The third-order valence-electron chi connectivity index (χ3n) is 6.85. The largest absolute Gasteiger partial charge is 0.378 e. The van der Waals surface area contributed by atoms with E-state index in [0.29, 0.717) is 23.7 Å². The first-order valence-corrected chi connectivity index (χ1v) is 13.3. The predicted molar refractivity (Wildman–Crippen MR) is 159 cm³/mol. The highest BCUT2D eigenvalue weighted by molar-refractivity contribution is 6.30. The lowest BCUT2D eigenvalue weighted by Crippen LogP contribution is -2.43. The van der Waals surface area contributed by atoms with Crippen LogP contribution in [0.4, 0.5) is 11.4 Å². The summed E-state index contributed by atoms with van der Waals surface area (Å²) in [7, 11) is 0. The van der Waals surface area contributed by atoms with Crippen LogP contribution in [-0.4, -0.2) is 30.9 Å². The Bertz CT molecular complexity index is 1230. The van der Waals surface area contributed by atoms with Gasteiger partial charge in [0, 0.05) is 41.5 Å². The number of carbonyl (C=O) groups is 2. The molecule has 0 unspecified atom stereocenters. The molecule has 1 heterocycles. The Labute approximate surface area is 236 Å². The molecule has 8 heteroatoms. The van der Waals surface area contributed by atoms with Crippen LogP contribution in [0.25, 0.3) is 11.1 Å². The minimum atomic E-state index is -0.0666. The molecular formula is C30H36Cl2N4O2. The summed E-state index contributed by atoms with van der Waals surface area (Å²) in [4.78, 5) is 26.9. The maximum absolute atomic E-state index is 12.5. The van der Waals surface area contributed by atoms with Crippen molar-refractivity contribution in [3.8, 4) is 11.1 Å². The van der Waals surface area contributed by atoms with E-state index in [2.05, 4.69) is 23.6 Å². The minimum Gasteiger partial charge on any atom is -0.378 e. The summed E-state index contributed by atoms with van der Waals surface area (Å²) in [5.74, 6) is -0.0344. The summed E-state index contributed by atoms with van der Waals surface area (Å²) >= 11 is 6.07. The monoisotopic (exact) mass is 554 g/mol. The second kappa shape index (κ2) is 13.7. The molecule has 0 radical (unpaired) electrons. The molecule has 202 valence electrons. The van der Waals surface area contributed by atoms with Crippen molar-refractivity contribution in [2.24, 2.45) is 5.73 Å². The van der Waals surface area contributed by atoms with Gasteiger partial charge in [-0.2, -0.15) is 0 Å². The van der Waals surface area contributed by atoms with Gasteiger partial charge < -0.3 is 21.3 Å². The summed E-state index contributed by atoms with van der Waals surface area (Å²) < 4.78 is 0. The lowest BCUT2D eigenvalue weighted by atomic mass is 9.88. The second-order valence-corrected chi connectivity index (χ2v) is 10.1. The minimum absolute atomic E-state index is 0. The van der Waals surface area contributed by atoms with E-state index in [4.69, 9.17) is 17.3 Å².